The van der Waals surface area contributed by atoms with Gasteiger partial charge in [-0.2, -0.15) is 0 Å². The van der Waals surface area contributed by atoms with E-state index in [2.05, 4.69) is 40.1 Å². The molecule has 2 N–H and O–H groups in total. The standard InChI is InChI=1S/C14H25N3O2S2/c1-12(10-13-6-4-8-20-13)11-17-14(15-2)16-7-5-9-21(3,18)19/h4,6,8,12H,5,7,9-11H2,1-3H3,(H2,15,16,17). The van der Waals surface area contributed by atoms with E-state index in [0.29, 0.717) is 18.9 Å². The molecule has 0 radical (unpaired) electrons. The fourth-order valence-corrected chi connectivity index (χ4v) is 3.42. The lowest BCUT2D eigenvalue weighted by Gasteiger charge is -2.15. The molecule has 21 heavy (non-hydrogen) atoms. The Kier molecular flexibility index (Phi) is 7.74. The van der Waals surface area contributed by atoms with Crippen LogP contribution in [0.15, 0.2) is 22.5 Å². The minimum atomic E-state index is -2.88. The first kappa shape index (κ1) is 18.0. The monoisotopic (exact) mass is 331 g/mol. The molecule has 1 aromatic rings. The fraction of sp³-hybridized carbons (Fsp3) is 0.643. The summed E-state index contributed by atoms with van der Waals surface area (Å²) in [6.45, 7) is 3.64. The number of sulfone groups is 1. The van der Waals surface area contributed by atoms with Crippen LogP contribution in [0.1, 0.15) is 18.2 Å². The molecule has 0 fully saturated rings. The molecule has 1 rings (SSSR count). The van der Waals surface area contributed by atoms with E-state index in [1.807, 2.05) is 0 Å². The van der Waals surface area contributed by atoms with Crippen LogP contribution >= 0.6 is 11.3 Å². The van der Waals surface area contributed by atoms with Gasteiger partial charge in [0.25, 0.3) is 0 Å². The lowest BCUT2D eigenvalue weighted by atomic mass is 10.1. The molecule has 1 atom stereocenters. The van der Waals surface area contributed by atoms with Crippen LogP contribution in [0.25, 0.3) is 0 Å². The Labute approximate surface area is 131 Å². The summed E-state index contributed by atoms with van der Waals surface area (Å²) in [6, 6.07) is 4.22. The van der Waals surface area contributed by atoms with E-state index in [4.69, 9.17) is 0 Å². The molecule has 0 bridgehead atoms. The topological polar surface area (TPSA) is 70.6 Å². The molecule has 7 heteroatoms. The van der Waals surface area contributed by atoms with Crippen molar-refractivity contribution in [2.45, 2.75) is 19.8 Å². The SMILES string of the molecule is CN=C(NCCCS(C)(=O)=O)NCC(C)Cc1cccs1. The summed E-state index contributed by atoms with van der Waals surface area (Å²) in [5, 5.41) is 8.50. The Morgan fingerprint density at radius 1 is 1.43 bits per heavy atom. The number of hydrogen-bond donors (Lipinski definition) is 2. The van der Waals surface area contributed by atoms with Crippen molar-refractivity contribution in [3.05, 3.63) is 22.4 Å². The molecule has 1 aromatic heterocycles. The number of aliphatic imine (C=N–C) groups is 1. The Bertz CT molecular complexity index is 524. The van der Waals surface area contributed by atoms with Crippen molar-refractivity contribution in [3.63, 3.8) is 0 Å². The van der Waals surface area contributed by atoms with Gasteiger partial charge in [-0.25, -0.2) is 8.42 Å². The van der Waals surface area contributed by atoms with E-state index in [-0.39, 0.29) is 5.75 Å². The van der Waals surface area contributed by atoms with Gasteiger partial charge < -0.3 is 10.6 Å². The van der Waals surface area contributed by atoms with Gasteiger partial charge in [0.15, 0.2) is 5.96 Å². The number of rotatable bonds is 8. The Balaban J connectivity index is 2.21. The van der Waals surface area contributed by atoms with E-state index in [1.165, 1.54) is 11.1 Å². The highest BCUT2D eigenvalue weighted by Crippen LogP contribution is 2.13. The van der Waals surface area contributed by atoms with Gasteiger partial charge in [0.2, 0.25) is 0 Å². The summed E-state index contributed by atoms with van der Waals surface area (Å²) in [5.74, 6) is 1.44. The second-order valence-corrected chi connectivity index (χ2v) is 8.54. The van der Waals surface area contributed by atoms with E-state index in [1.54, 1.807) is 18.4 Å². The Morgan fingerprint density at radius 2 is 2.19 bits per heavy atom. The van der Waals surface area contributed by atoms with Crippen molar-refractivity contribution in [2.75, 3.05) is 32.1 Å². The molecule has 0 spiro atoms. The largest absolute Gasteiger partial charge is 0.356 e. The third-order valence-corrected chi connectivity index (χ3v) is 4.88. The van der Waals surface area contributed by atoms with Crippen LogP contribution in [0.2, 0.25) is 0 Å². The molecule has 0 aliphatic carbocycles. The average molecular weight is 332 g/mol. The number of hydrogen-bond acceptors (Lipinski definition) is 4. The van der Waals surface area contributed by atoms with Gasteiger partial charge in [-0.3, -0.25) is 4.99 Å². The fourth-order valence-electron chi connectivity index (χ4n) is 1.88. The second-order valence-electron chi connectivity index (χ2n) is 5.25. The summed E-state index contributed by atoms with van der Waals surface area (Å²) >= 11 is 1.78. The predicted molar refractivity (Wildman–Crippen MR) is 90.9 cm³/mol. The average Bonchev–Trinajstić information content (AvgIpc) is 2.89. The van der Waals surface area contributed by atoms with Gasteiger partial charge in [-0.1, -0.05) is 13.0 Å². The first-order valence-corrected chi connectivity index (χ1v) is 9.99. The minimum Gasteiger partial charge on any atom is -0.356 e. The molecule has 120 valence electrons. The highest BCUT2D eigenvalue weighted by atomic mass is 32.2. The summed E-state index contributed by atoms with van der Waals surface area (Å²) < 4.78 is 22.1. The van der Waals surface area contributed by atoms with E-state index in [0.717, 1.165) is 18.9 Å². The second kappa shape index (κ2) is 9.04. The highest BCUT2D eigenvalue weighted by Gasteiger charge is 2.06. The van der Waals surface area contributed by atoms with Crippen molar-refractivity contribution in [2.24, 2.45) is 10.9 Å². The van der Waals surface area contributed by atoms with Gasteiger partial charge in [-0.05, 0) is 30.2 Å². The van der Waals surface area contributed by atoms with Crippen LogP contribution < -0.4 is 10.6 Å². The predicted octanol–water partition coefficient (Wildman–Crippen LogP) is 1.53. The number of guanidine groups is 1. The minimum absolute atomic E-state index is 0.200. The maximum atomic E-state index is 11.0. The molecular weight excluding hydrogens is 306 g/mol. The summed E-state index contributed by atoms with van der Waals surface area (Å²) in [5.41, 5.74) is 0. The summed E-state index contributed by atoms with van der Waals surface area (Å²) in [7, 11) is -1.16. The molecule has 0 saturated carbocycles. The van der Waals surface area contributed by atoms with E-state index >= 15 is 0 Å². The zero-order valence-corrected chi connectivity index (χ0v) is 14.6. The summed E-state index contributed by atoms with van der Waals surface area (Å²) in [6.07, 6.45) is 2.90. The van der Waals surface area contributed by atoms with Crippen LogP contribution in [0, 0.1) is 5.92 Å². The van der Waals surface area contributed by atoms with Gasteiger partial charge in [0.05, 0.1) is 5.75 Å². The van der Waals surface area contributed by atoms with E-state index in [9.17, 15) is 8.42 Å². The van der Waals surface area contributed by atoms with Gasteiger partial charge in [0.1, 0.15) is 9.84 Å². The molecule has 1 unspecified atom stereocenters. The van der Waals surface area contributed by atoms with Crippen LogP contribution in [-0.2, 0) is 16.3 Å². The zero-order chi connectivity index (χ0) is 15.7. The van der Waals surface area contributed by atoms with Gasteiger partial charge in [-0.15, -0.1) is 11.3 Å². The molecule has 0 aliphatic rings. The zero-order valence-electron chi connectivity index (χ0n) is 12.9. The first-order valence-electron chi connectivity index (χ1n) is 7.05. The molecule has 0 amide bonds. The molecule has 0 saturated heterocycles. The van der Waals surface area contributed by atoms with Crippen molar-refractivity contribution in [3.8, 4) is 0 Å². The smallest absolute Gasteiger partial charge is 0.190 e. The quantitative estimate of drug-likeness (QED) is 0.430. The number of thiophene rings is 1. The lowest BCUT2D eigenvalue weighted by molar-refractivity contribution is 0.561. The maximum absolute atomic E-state index is 11.0. The van der Waals surface area contributed by atoms with Crippen LogP contribution in [-0.4, -0.2) is 46.5 Å². The Morgan fingerprint density at radius 3 is 2.76 bits per heavy atom. The van der Waals surface area contributed by atoms with E-state index < -0.39 is 9.84 Å². The van der Waals surface area contributed by atoms with Crippen molar-refractivity contribution >= 4 is 27.1 Å². The molecule has 5 nitrogen and oxygen atoms in total. The number of nitrogens with one attached hydrogen (secondary N) is 2. The maximum Gasteiger partial charge on any atom is 0.190 e. The summed E-state index contributed by atoms with van der Waals surface area (Å²) in [4.78, 5) is 5.53. The van der Waals surface area contributed by atoms with Gasteiger partial charge in [0, 0.05) is 31.3 Å². The van der Waals surface area contributed by atoms with Crippen molar-refractivity contribution in [1.82, 2.24) is 10.6 Å². The number of nitrogens with zero attached hydrogens (tertiary/aromatic N) is 1. The molecular formula is C14H25N3O2S2. The first-order chi connectivity index (χ1) is 9.90. The van der Waals surface area contributed by atoms with Crippen LogP contribution in [0.4, 0.5) is 0 Å². The lowest BCUT2D eigenvalue weighted by Crippen LogP contribution is -2.40. The molecule has 0 aliphatic heterocycles. The van der Waals surface area contributed by atoms with Crippen molar-refractivity contribution < 1.29 is 8.42 Å². The Hall–Kier alpha value is -1.08. The third kappa shape index (κ3) is 8.72. The van der Waals surface area contributed by atoms with Crippen LogP contribution in [0.5, 0.6) is 0 Å². The highest BCUT2D eigenvalue weighted by molar-refractivity contribution is 7.90. The third-order valence-electron chi connectivity index (χ3n) is 2.96. The molecule has 0 aromatic carbocycles. The van der Waals surface area contributed by atoms with Crippen molar-refractivity contribution in [1.29, 1.82) is 0 Å². The van der Waals surface area contributed by atoms with Gasteiger partial charge >= 0.3 is 0 Å². The van der Waals surface area contributed by atoms with Crippen LogP contribution in [0.3, 0.4) is 0 Å². The molecule has 1 heterocycles. The normalized spacial score (nSPS) is 14.0.